The van der Waals surface area contributed by atoms with E-state index in [-0.39, 0.29) is 39.1 Å². The van der Waals surface area contributed by atoms with Crippen LogP contribution in [0.2, 0.25) is 0 Å². The zero-order chi connectivity index (χ0) is 32.9. The number of nitrogens with one attached hydrogen (secondary N) is 2. The molecular formula is C41H58N2O3. The molecule has 5 nitrogen and oxygen atoms in total. The third-order valence-corrected chi connectivity index (χ3v) is 15.8. The summed E-state index contributed by atoms with van der Waals surface area (Å²) in [5.74, 6) is 2.16. The summed E-state index contributed by atoms with van der Waals surface area (Å²) in [5.41, 5.74) is 4.83. The number of carboxylic acid groups (broad SMARTS) is 1. The maximum absolute atomic E-state index is 13.7. The summed E-state index contributed by atoms with van der Waals surface area (Å²) in [6.07, 6.45) is 15.2. The van der Waals surface area contributed by atoms with E-state index in [4.69, 9.17) is 0 Å². The molecule has 5 heteroatoms. The monoisotopic (exact) mass is 626 g/mol. The summed E-state index contributed by atoms with van der Waals surface area (Å²) >= 11 is 0. The summed E-state index contributed by atoms with van der Waals surface area (Å²) < 4.78 is 0. The molecule has 1 amide bonds. The van der Waals surface area contributed by atoms with Gasteiger partial charge >= 0.3 is 5.97 Å². The van der Waals surface area contributed by atoms with Gasteiger partial charge in [-0.1, -0.05) is 65.0 Å². The van der Waals surface area contributed by atoms with E-state index >= 15 is 0 Å². The van der Waals surface area contributed by atoms with Crippen LogP contribution in [0.3, 0.4) is 0 Å². The van der Waals surface area contributed by atoms with Crippen molar-refractivity contribution >= 4 is 17.4 Å². The van der Waals surface area contributed by atoms with E-state index in [1.165, 1.54) is 48.8 Å². The molecule has 250 valence electrons. The largest absolute Gasteiger partial charge is 0.478 e. The molecule has 1 aromatic rings. The Bertz CT molecular complexity index is 1450. The first-order chi connectivity index (χ1) is 21.7. The smallest absolute Gasteiger partial charge is 0.335 e. The third-order valence-electron chi connectivity index (χ3n) is 15.8. The fourth-order valence-corrected chi connectivity index (χ4v) is 13.5. The Balaban J connectivity index is 1.21. The Morgan fingerprint density at radius 1 is 0.891 bits per heavy atom. The molecular weight excluding hydrogens is 568 g/mol. The zero-order valence-corrected chi connectivity index (χ0v) is 29.3. The quantitative estimate of drug-likeness (QED) is 0.286. The highest BCUT2D eigenvalue weighted by molar-refractivity contribution is 5.88. The number of amides is 1. The van der Waals surface area contributed by atoms with Crippen molar-refractivity contribution in [3.63, 3.8) is 0 Å². The minimum Gasteiger partial charge on any atom is -0.478 e. The SMILES string of the molecule is C=C(C)[C@@H]1CC[C@]2(NC(=O)C3CCCN3)CC[C@]3(C)[C@H](CC[C@@H]4[C@@]5(C)CC=C(c6ccc(C(=O)O)cc6)C(C)(C)[C@@H]5CC[C@]43C)[C@@H]12. The number of hydrogen-bond acceptors (Lipinski definition) is 3. The highest BCUT2D eigenvalue weighted by Gasteiger charge is 2.70. The number of benzene rings is 1. The van der Waals surface area contributed by atoms with Gasteiger partial charge in [0.15, 0.2) is 0 Å². The highest BCUT2D eigenvalue weighted by atomic mass is 16.4. The minimum absolute atomic E-state index is 0.00754. The summed E-state index contributed by atoms with van der Waals surface area (Å²) in [6.45, 7) is 20.6. The summed E-state index contributed by atoms with van der Waals surface area (Å²) in [7, 11) is 0. The Kier molecular flexibility index (Phi) is 7.55. The fourth-order valence-electron chi connectivity index (χ4n) is 13.5. The number of fused-ring (bicyclic) bond motifs is 7. The van der Waals surface area contributed by atoms with Crippen LogP contribution in [0.1, 0.15) is 128 Å². The van der Waals surface area contributed by atoms with Gasteiger partial charge in [0, 0.05) is 5.54 Å². The predicted molar refractivity (Wildman–Crippen MR) is 185 cm³/mol. The van der Waals surface area contributed by atoms with Crippen molar-refractivity contribution in [1.82, 2.24) is 10.6 Å². The second-order valence-corrected chi connectivity index (χ2v) is 17.9. The van der Waals surface area contributed by atoms with Gasteiger partial charge in [0.25, 0.3) is 0 Å². The van der Waals surface area contributed by atoms with Crippen molar-refractivity contribution in [3.05, 3.63) is 53.6 Å². The van der Waals surface area contributed by atoms with Crippen LogP contribution in [0, 0.1) is 51.2 Å². The molecule has 1 unspecified atom stereocenters. The van der Waals surface area contributed by atoms with E-state index in [0.29, 0.717) is 35.2 Å². The van der Waals surface area contributed by atoms with Crippen LogP contribution in [0.5, 0.6) is 0 Å². The van der Waals surface area contributed by atoms with Gasteiger partial charge in [-0.25, -0.2) is 4.79 Å². The lowest BCUT2D eigenvalue weighted by Gasteiger charge is -2.72. The maximum atomic E-state index is 13.7. The van der Waals surface area contributed by atoms with Crippen LogP contribution >= 0.6 is 0 Å². The number of hydrogen-bond donors (Lipinski definition) is 3. The molecule has 1 aliphatic heterocycles. The molecule has 0 radical (unpaired) electrons. The maximum Gasteiger partial charge on any atom is 0.335 e. The average molecular weight is 627 g/mol. The van der Waals surface area contributed by atoms with E-state index in [9.17, 15) is 14.7 Å². The van der Waals surface area contributed by atoms with Crippen molar-refractivity contribution in [2.45, 2.75) is 124 Å². The van der Waals surface area contributed by atoms with Crippen LogP contribution in [0.15, 0.2) is 42.5 Å². The lowest BCUT2D eigenvalue weighted by atomic mass is 9.33. The predicted octanol–water partition coefficient (Wildman–Crippen LogP) is 8.66. The van der Waals surface area contributed by atoms with E-state index in [0.717, 1.165) is 45.1 Å². The van der Waals surface area contributed by atoms with Crippen LogP contribution in [-0.2, 0) is 4.79 Å². The zero-order valence-electron chi connectivity index (χ0n) is 29.3. The molecule has 6 aliphatic rings. The first kappa shape index (κ1) is 32.2. The molecule has 46 heavy (non-hydrogen) atoms. The van der Waals surface area contributed by atoms with Gasteiger partial charge in [-0.05, 0) is 159 Å². The van der Waals surface area contributed by atoms with Gasteiger partial charge < -0.3 is 15.7 Å². The molecule has 5 fully saturated rings. The Hall–Kier alpha value is -2.40. The summed E-state index contributed by atoms with van der Waals surface area (Å²) in [6, 6.07) is 7.54. The number of carboxylic acids is 1. The van der Waals surface area contributed by atoms with Crippen molar-refractivity contribution < 1.29 is 14.7 Å². The second kappa shape index (κ2) is 10.8. The number of aromatic carboxylic acids is 1. The highest BCUT2D eigenvalue weighted by Crippen LogP contribution is 2.76. The lowest BCUT2D eigenvalue weighted by Crippen LogP contribution is -2.68. The van der Waals surface area contributed by atoms with Crippen LogP contribution in [-0.4, -0.2) is 35.1 Å². The van der Waals surface area contributed by atoms with Crippen LogP contribution < -0.4 is 10.6 Å². The standard InChI is InChI=1S/C41H58N2O3/c1-25(2)28-16-21-41(43-35(44)31-9-8-24-42-31)23-22-39(6)30(34(28)41)14-15-33-38(5)19-17-29(26-10-12-27(13-11-26)36(45)46)37(3,4)32(38)18-20-40(33,39)7/h10-13,17,28,30-34,42H,1,8-9,14-16,18-24H2,2-7H3,(H,43,44)(H,45,46)/t28-,30+,31?,32-,33+,34+,38-,39+,40+,41-/m0/s1. The number of allylic oxidation sites excluding steroid dienone is 3. The molecule has 4 saturated carbocycles. The molecule has 1 aromatic carbocycles. The lowest BCUT2D eigenvalue weighted by molar-refractivity contribution is -0.219. The van der Waals surface area contributed by atoms with E-state index in [1.54, 1.807) is 12.1 Å². The van der Waals surface area contributed by atoms with Gasteiger partial charge in [0.1, 0.15) is 0 Å². The van der Waals surface area contributed by atoms with Gasteiger partial charge in [-0.3, -0.25) is 4.79 Å². The van der Waals surface area contributed by atoms with Crippen LogP contribution in [0.25, 0.3) is 5.57 Å². The van der Waals surface area contributed by atoms with E-state index in [1.807, 2.05) is 12.1 Å². The van der Waals surface area contributed by atoms with Gasteiger partial charge in [-0.2, -0.15) is 0 Å². The van der Waals surface area contributed by atoms with Gasteiger partial charge in [0.05, 0.1) is 11.6 Å². The fraction of sp³-hybridized carbons (Fsp3) is 0.707. The van der Waals surface area contributed by atoms with Crippen molar-refractivity contribution in [3.8, 4) is 0 Å². The molecule has 0 aromatic heterocycles. The van der Waals surface area contributed by atoms with Crippen molar-refractivity contribution in [2.24, 2.45) is 51.2 Å². The minimum atomic E-state index is -0.869. The van der Waals surface area contributed by atoms with Crippen LogP contribution in [0.4, 0.5) is 0 Å². The Labute approximate surface area is 277 Å². The number of carbonyl (C=O) groups excluding carboxylic acids is 1. The van der Waals surface area contributed by atoms with Crippen molar-refractivity contribution in [2.75, 3.05) is 6.54 Å². The molecule has 1 heterocycles. The Morgan fingerprint density at radius 3 is 2.28 bits per heavy atom. The molecule has 10 atom stereocenters. The number of carbonyl (C=O) groups is 2. The van der Waals surface area contributed by atoms with E-state index in [2.05, 4.69) is 64.8 Å². The van der Waals surface area contributed by atoms with Gasteiger partial charge in [0.2, 0.25) is 5.91 Å². The first-order valence-electron chi connectivity index (χ1n) is 18.4. The molecule has 7 rings (SSSR count). The average Bonchev–Trinajstić information content (AvgIpc) is 3.67. The third kappa shape index (κ3) is 4.42. The molecule has 0 spiro atoms. The first-order valence-corrected chi connectivity index (χ1v) is 18.4. The molecule has 5 aliphatic carbocycles. The van der Waals surface area contributed by atoms with Crippen molar-refractivity contribution in [1.29, 1.82) is 0 Å². The molecule has 1 saturated heterocycles. The summed E-state index contributed by atoms with van der Waals surface area (Å²) in [4.78, 5) is 25.2. The topological polar surface area (TPSA) is 78.4 Å². The Morgan fingerprint density at radius 2 is 1.63 bits per heavy atom. The number of rotatable bonds is 5. The normalized spacial score (nSPS) is 44.2. The molecule has 0 bridgehead atoms. The van der Waals surface area contributed by atoms with Gasteiger partial charge in [-0.15, -0.1) is 0 Å². The summed E-state index contributed by atoms with van der Waals surface area (Å²) in [5, 5.41) is 16.7. The molecule has 3 N–H and O–H groups in total. The second-order valence-electron chi connectivity index (χ2n) is 17.9. The van der Waals surface area contributed by atoms with E-state index < -0.39 is 5.97 Å².